The van der Waals surface area contributed by atoms with E-state index in [0.29, 0.717) is 11.5 Å². The van der Waals surface area contributed by atoms with E-state index in [1.807, 2.05) is 18.2 Å². The molecule has 1 aromatic carbocycles. The molecule has 0 heterocycles. The highest BCUT2D eigenvalue weighted by atomic mass is 16.1. The van der Waals surface area contributed by atoms with Crippen molar-refractivity contribution in [2.75, 3.05) is 0 Å². The van der Waals surface area contributed by atoms with Gasteiger partial charge in [-0.15, -0.1) is 0 Å². The van der Waals surface area contributed by atoms with Crippen LogP contribution in [0, 0.1) is 0 Å². The molecular weight excluding hydrogens is 186 g/mol. The first-order chi connectivity index (χ1) is 7.29. The van der Waals surface area contributed by atoms with E-state index in [0.717, 1.165) is 5.56 Å². The molecule has 1 fully saturated rings. The van der Waals surface area contributed by atoms with Crippen LogP contribution in [0.4, 0.5) is 0 Å². The normalized spacial score (nSPS) is 17.6. The first kappa shape index (κ1) is 10.2. The van der Waals surface area contributed by atoms with Gasteiger partial charge >= 0.3 is 0 Å². The van der Waals surface area contributed by atoms with E-state index in [9.17, 15) is 4.79 Å². The lowest BCUT2D eigenvalue weighted by Gasteiger charge is -2.23. The predicted molar refractivity (Wildman–Crippen MR) is 60.8 cm³/mol. The maximum Gasteiger partial charge on any atom is 0.248 e. The summed E-state index contributed by atoms with van der Waals surface area (Å²) in [5.74, 6) is 0.249. The zero-order valence-corrected chi connectivity index (χ0v) is 8.91. The summed E-state index contributed by atoms with van der Waals surface area (Å²) in [6, 6.07) is 7.77. The minimum absolute atomic E-state index is 0.295. The monoisotopic (exact) mass is 203 g/mol. The average molecular weight is 203 g/mol. The molecule has 1 saturated carbocycles. The molecule has 2 rings (SSSR count). The molecule has 2 N–H and O–H groups in total. The van der Waals surface area contributed by atoms with E-state index >= 15 is 0 Å². The molecule has 2 heteroatoms. The smallest absolute Gasteiger partial charge is 0.248 e. The molecular formula is C13H17NO. The number of hydrogen-bond donors (Lipinski definition) is 1. The Kier molecular flexibility index (Phi) is 3.05. The Morgan fingerprint density at radius 1 is 1.13 bits per heavy atom. The Bertz CT molecular complexity index is 353. The fourth-order valence-corrected chi connectivity index (χ4v) is 2.49. The lowest BCUT2D eigenvalue weighted by atomic mass is 9.82. The van der Waals surface area contributed by atoms with Gasteiger partial charge in [0.15, 0.2) is 0 Å². The second-order valence-corrected chi connectivity index (χ2v) is 4.29. The van der Waals surface area contributed by atoms with Crippen LogP contribution in [-0.4, -0.2) is 5.91 Å². The second kappa shape index (κ2) is 4.47. The Morgan fingerprint density at radius 2 is 1.80 bits per heavy atom. The summed E-state index contributed by atoms with van der Waals surface area (Å²) in [5.41, 5.74) is 7.25. The van der Waals surface area contributed by atoms with Crippen LogP contribution < -0.4 is 5.73 Å². The summed E-state index contributed by atoms with van der Waals surface area (Å²) >= 11 is 0. The number of rotatable bonds is 2. The van der Waals surface area contributed by atoms with E-state index in [2.05, 4.69) is 6.07 Å². The zero-order chi connectivity index (χ0) is 10.7. The Hall–Kier alpha value is -1.31. The Balaban J connectivity index is 2.29. The van der Waals surface area contributed by atoms with Gasteiger partial charge in [-0.25, -0.2) is 0 Å². The molecule has 0 atom stereocenters. The minimum Gasteiger partial charge on any atom is -0.366 e. The van der Waals surface area contributed by atoms with E-state index in [4.69, 9.17) is 5.73 Å². The van der Waals surface area contributed by atoms with Crippen molar-refractivity contribution in [3.8, 4) is 0 Å². The van der Waals surface area contributed by atoms with Crippen LogP contribution in [0.3, 0.4) is 0 Å². The topological polar surface area (TPSA) is 43.1 Å². The molecule has 1 aliphatic rings. The SMILES string of the molecule is NC(=O)c1ccccc1C1CCCCC1. The fourth-order valence-electron chi connectivity index (χ4n) is 2.49. The highest BCUT2D eigenvalue weighted by molar-refractivity contribution is 5.94. The lowest BCUT2D eigenvalue weighted by molar-refractivity contribution is 0.0998. The van der Waals surface area contributed by atoms with Gasteiger partial charge < -0.3 is 5.73 Å². The van der Waals surface area contributed by atoms with Gasteiger partial charge in [0.2, 0.25) is 5.91 Å². The van der Waals surface area contributed by atoms with Crippen LogP contribution in [0.5, 0.6) is 0 Å². The third kappa shape index (κ3) is 2.20. The average Bonchev–Trinajstić information content (AvgIpc) is 2.30. The molecule has 0 saturated heterocycles. The van der Waals surface area contributed by atoms with Gasteiger partial charge in [0.1, 0.15) is 0 Å². The summed E-state index contributed by atoms with van der Waals surface area (Å²) in [6.07, 6.45) is 6.28. The summed E-state index contributed by atoms with van der Waals surface area (Å²) < 4.78 is 0. The number of carbonyl (C=O) groups is 1. The van der Waals surface area contributed by atoms with Gasteiger partial charge in [0.05, 0.1) is 0 Å². The summed E-state index contributed by atoms with van der Waals surface area (Å²) in [6.45, 7) is 0. The van der Waals surface area contributed by atoms with E-state index in [1.54, 1.807) is 0 Å². The van der Waals surface area contributed by atoms with Crippen molar-refractivity contribution in [3.05, 3.63) is 35.4 Å². The number of primary amides is 1. The number of carbonyl (C=O) groups excluding carboxylic acids is 1. The third-order valence-corrected chi connectivity index (χ3v) is 3.27. The number of amides is 1. The zero-order valence-electron chi connectivity index (χ0n) is 8.91. The molecule has 0 aliphatic heterocycles. The van der Waals surface area contributed by atoms with Crippen LogP contribution in [0.2, 0.25) is 0 Å². The summed E-state index contributed by atoms with van der Waals surface area (Å²) in [5, 5.41) is 0. The van der Waals surface area contributed by atoms with Gasteiger partial charge in [0.25, 0.3) is 0 Å². The molecule has 2 nitrogen and oxygen atoms in total. The first-order valence-electron chi connectivity index (χ1n) is 5.68. The highest BCUT2D eigenvalue weighted by Crippen LogP contribution is 2.34. The quantitative estimate of drug-likeness (QED) is 0.789. The molecule has 1 amide bonds. The molecule has 1 aromatic rings. The maximum atomic E-state index is 11.3. The second-order valence-electron chi connectivity index (χ2n) is 4.29. The van der Waals surface area contributed by atoms with Gasteiger partial charge in [-0.1, -0.05) is 37.5 Å². The first-order valence-corrected chi connectivity index (χ1v) is 5.68. The molecule has 80 valence electrons. The van der Waals surface area contributed by atoms with E-state index in [1.165, 1.54) is 32.1 Å². The van der Waals surface area contributed by atoms with Crippen LogP contribution in [0.15, 0.2) is 24.3 Å². The molecule has 0 spiro atoms. The van der Waals surface area contributed by atoms with Crippen molar-refractivity contribution in [2.45, 2.75) is 38.0 Å². The molecule has 0 radical (unpaired) electrons. The van der Waals surface area contributed by atoms with E-state index in [-0.39, 0.29) is 5.91 Å². The van der Waals surface area contributed by atoms with Crippen molar-refractivity contribution >= 4 is 5.91 Å². The predicted octanol–water partition coefficient (Wildman–Crippen LogP) is 2.83. The summed E-state index contributed by atoms with van der Waals surface area (Å²) in [4.78, 5) is 11.3. The van der Waals surface area contributed by atoms with Crippen molar-refractivity contribution in [2.24, 2.45) is 5.73 Å². The number of benzene rings is 1. The standard InChI is InChI=1S/C13H17NO/c14-13(15)12-9-5-4-8-11(12)10-6-2-1-3-7-10/h4-5,8-10H,1-3,6-7H2,(H2,14,15). The van der Waals surface area contributed by atoms with Gasteiger partial charge in [-0.3, -0.25) is 4.79 Å². The van der Waals surface area contributed by atoms with Gasteiger partial charge in [-0.05, 0) is 30.4 Å². The van der Waals surface area contributed by atoms with Crippen molar-refractivity contribution in [1.29, 1.82) is 0 Å². The number of hydrogen-bond acceptors (Lipinski definition) is 1. The Labute approximate surface area is 90.5 Å². The summed E-state index contributed by atoms with van der Waals surface area (Å²) in [7, 11) is 0. The Morgan fingerprint density at radius 3 is 2.47 bits per heavy atom. The van der Waals surface area contributed by atoms with Crippen LogP contribution in [0.25, 0.3) is 0 Å². The van der Waals surface area contributed by atoms with Crippen molar-refractivity contribution in [3.63, 3.8) is 0 Å². The van der Waals surface area contributed by atoms with Crippen LogP contribution in [-0.2, 0) is 0 Å². The van der Waals surface area contributed by atoms with Gasteiger partial charge in [-0.2, -0.15) is 0 Å². The van der Waals surface area contributed by atoms with E-state index < -0.39 is 0 Å². The van der Waals surface area contributed by atoms with Crippen LogP contribution >= 0.6 is 0 Å². The maximum absolute atomic E-state index is 11.3. The third-order valence-electron chi connectivity index (χ3n) is 3.27. The molecule has 0 bridgehead atoms. The molecule has 15 heavy (non-hydrogen) atoms. The van der Waals surface area contributed by atoms with Crippen LogP contribution in [0.1, 0.15) is 53.9 Å². The fraction of sp³-hybridized carbons (Fsp3) is 0.462. The molecule has 1 aliphatic carbocycles. The molecule has 0 aromatic heterocycles. The van der Waals surface area contributed by atoms with Gasteiger partial charge in [0, 0.05) is 5.56 Å². The largest absolute Gasteiger partial charge is 0.366 e. The van der Waals surface area contributed by atoms with Crippen molar-refractivity contribution in [1.82, 2.24) is 0 Å². The lowest BCUT2D eigenvalue weighted by Crippen LogP contribution is -2.16. The van der Waals surface area contributed by atoms with Crippen molar-refractivity contribution < 1.29 is 4.79 Å². The highest BCUT2D eigenvalue weighted by Gasteiger charge is 2.19. The molecule has 0 unspecified atom stereocenters. The number of nitrogens with two attached hydrogens (primary N) is 1. The minimum atomic E-state index is -0.295.